The van der Waals surface area contributed by atoms with Crippen LogP contribution in [-0.2, 0) is 4.74 Å². The lowest BCUT2D eigenvalue weighted by Gasteiger charge is -2.36. The number of hydrogen-bond donors (Lipinski definition) is 0. The van der Waals surface area contributed by atoms with E-state index in [0.29, 0.717) is 19.2 Å². The standard InChI is InChI=1S/C15H23N3O3/c1-15(2,3)21-14(19)18-10-5-4-7-12(18)11-20-13-16-8-6-9-17-13/h6,8-9,12H,4-5,7,10-11H2,1-3H3/t12-/m1/s1. The molecule has 0 unspecified atom stereocenters. The van der Waals surface area contributed by atoms with Crippen molar-refractivity contribution in [3.8, 4) is 6.01 Å². The van der Waals surface area contributed by atoms with Crippen molar-refractivity contribution in [2.24, 2.45) is 0 Å². The molecule has 1 aromatic rings. The molecule has 1 aromatic heterocycles. The number of likely N-dealkylation sites (tertiary alicyclic amines) is 1. The largest absolute Gasteiger partial charge is 0.461 e. The number of aromatic nitrogens is 2. The van der Waals surface area contributed by atoms with Crippen molar-refractivity contribution >= 4 is 6.09 Å². The van der Waals surface area contributed by atoms with Gasteiger partial charge in [0.1, 0.15) is 12.2 Å². The van der Waals surface area contributed by atoms with Gasteiger partial charge in [-0.05, 0) is 46.1 Å². The van der Waals surface area contributed by atoms with Crippen LogP contribution >= 0.6 is 0 Å². The molecule has 0 bridgehead atoms. The zero-order valence-electron chi connectivity index (χ0n) is 12.9. The second-order valence-electron chi connectivity index (χ2n) is 6.17. The quantitative estimate of drug-likeness (QED) is 0.857. The van der Waals surface area contributed by atoms with E-state index in [-0.39, 0.29) is 12.1 Å². The predicted molar refractivity (Wildman–Crippen MR) is 78.1 cm³/mol. The second-order valence-corrected chi connectivity index (χ2v) is 6.17. The molecule has 1 amide bonds. The van der Waals surface area contributed by atoms with Crippen LogP contribution in [-0.4, -0.2) is 45.8 Å². The molecule has 2 rings (SSSR count). The maximum absolute atomic E-state index is 12.3. The van der Waals surface area contributed by atoms with Gasteiger partial charge in [-0.25, -0.2) is 14.8 Å². The molecule has 0 N–H and O–H groups in total. The van der Waals surface area contributed by atoms with Crippen LogP contribution in [0.2, 0.25) is 0 Å². The van der Waals surface area contributed by atoms with Crippen LogP contribution in [0.5, 0.6) is 6.01 Å². The summed E-state index contributed by atoms with van der Waals surface area (Å²) in [6.07, 6.45) is 5.99. The number of amides is 1. The first kappa shape index (κ1) is 15.5. The molecule has 116 valence electrons. The number of rotatable bonds is 3. The van der Waals surface area contributed by atoms with E-state index in [9.17, 15) is 4.79 Å². The van der Waals surface area contributed by atoms with E-state index in [2.05, 4.69) is 9.97 Å². The molecule has 21 heavy (non-hydrogen) atoms. The van der Waals surface area contributed by atoms with E-state index >= 15 is 0 Å². The highest BCUT2D eigenvalue weighted by Gasteiger charge is 2.30. The first-order valence-corrected chi connectivity index (χ1v) is 7.35. The molecule has 2 heterocycles. The summed E-state index contributed by atoms with van der Waals surface area (Å²) in [5, 5.41) is 0. The van der Waals surface area contributed by atoms with Gasteiger partial charge >= 0.3 is 12.1 Å². The maximum atomic E-state index is 12.3. The van der Waals surface area contributed by atoms with Crippen molar-refractivity contribution in [1.29, 1.82) is 0 Å². The molecule has 0 aromatic carbocycles. The average Bonchev–Trinajstić information content (AvgIpc) is 2.45. The fourth-order valence-electron chi connectivity index (χ4n) is 2.27. The summed E-state index contributed by atoms with van der Waals surface area (Å²) in [5.74, 6) is 0. The Bertz CT molecular complexity index is 459. The first-order chi connectivity index (χ1) is 9.96. The summed E-state index contributed by atoms with van der Waals surface area (Å²) in [6.45, 7) is 6.72. The Morgan fingerprint density at radius 3 is 2.71 bits per heavy atom. The van der Waals surface area contributed by atoms with Crippen LogP contribution in [0.3, 0.4) is 0 Å². The molecule has 1 aliphatic heterocycles. The Kier molecular flexibility index (Phi) is 4.98. The Labute approximate surface area is 125 Å². The Hall–Kier alpha value is -1.85. The third-order valence-corrected chi connectivity index (χ3v) is 3.20. The van der Waals surface area contributed by atoms with Gasteiger partial charge in [0.15, 0.2) is 0 Å². The Morgan fingerprint density at radius 2 is 2.05 bits per heavy atom. The zero-order chi connectivity index (χ0) is 15.3. The SMILES string of the molecule is CC(C)(C)OC(=O)N1CCCC[C@@H]1COc1ncccn1. The fraction of sp³-hybridized carbons (Fsp3) is 0.667. The summed E-state index contributed by atoms with van der Waals surface area (Å²) >= 11 is 0. The van der Waals surface area contributed by atoms with Gasteiger partial charge < -0.3 is 14.4 Å². The molecular formula is C15H23N3O3. The van der Waals surface area contributed by atoms with Crippen LogP contribution in [0.25, 0.3) is 0 Å². The number of hydrogen-bond acceptors (Lipinski definition) is 5. The lowest BCUT2D eigenvalue weighted by Crippen LogP contribution is -2.48. The summed E-state index contributed by atoms with van der Waals surface area (Å²) in [5.41, 5.74) is -0.484. The minimum atomic E-state index is -0.484. The van der Waals surface area contributed by atoms with E-state index in [1.165, 1.54) is 0 Å². The lowest BCUT2D eigenvalue weighted by molar-refractivity contribution is 0.00306. The highest BCUT2D eigenvalue weighted by atomic mass is 16.6. The minimum absolute atomic E-state index is 0.0115. The molecule has 1 atom stereocenters. The van der Waals surface area contributed by atoms with Crippen LogP contribution in [0, 0.1) is 0 Å². The number of nitrogens with zero attached hydrogens (tertiary/aromatic N) is 3. The molecular weight excluding hydrogens is 270 g/mol. The van der Waals surface area contributed by atoms with Gasteiger partial charge in [-0.3, -0.25) is 0 Å². The van der Waals surface area contributed by atoms with Crippen molar-refractivity contribution in [2.75, 3.05) is 13.2 Å². The number of carbonyl (C=O) groups is 1. The van der Waals surface area contributed by atoms with Crippen molar-refractivity contribution in [3.63, 3.8) is 0 Å². The van der Waals surface area contributed by atoms with Crippen LogP contribution < -0.4 is 4.74 Å². The highest BCUT2D eigenvalue weighted by Crippen LogP contribution is 2.20. The van der Waals surface area contributed by atoms with E-state index in [1.807, 2.05) is 20.8 Å². The van der Waals surface area contributed by atoms with Crippen LogP contribution in [0.1, 0.15) is 40.0 Å². The van der Waals surface area contributed by atoms with E-state index in [0.717, 1.165) is 19.3 Å². The van der Waals surface area contributed by atoms with Crippen LogP contribution in [0.15, 0.2) is 18.5 Å². The van der Waals surface area contributed by atoms with Gasteiger partial charge in [-0.1, -0.05) is 0 Å². The summed E-state index contributed by atoms with van der Waals surface area (Å²) in [4.78, 5) is 22.1. The molecule has 0 spiro atoms. The number of piperidine rings is 1. The van der Waals surface area contributed by atoms with Gasteiger partial charge in [0.05, 0.1) is 6.04 Å². The van der Waals surface area contributed by atoms with Gasteiger partial charge in [-0.2, -0.15) is 0 Å². The fourth-order valence-corrected chi connectivity index (χ4v) is 2.27. The van der Waals surface area contributed by atoms with Crippen molar-refractivity contribution < 1.29 is 14.3 Å². The molecule has 0 saturated carbocycles. The van der Waals surface area contributed by atoms with Gasteiger partial charge in [0, 0.05) is 18.9 Å². The second kappa shape index (κ2) is 6.74. The van der Waals surface area contributed by atoms with E-state index < -0.39 is 5.60 Å². The van der Waals surface area contributed by atoms with Crippen molar-refractivity contribution in [2.45, 2.75) is 51.7 Å². The maximum Gasteiger partial charge on any atom is 0.410 e. The van der Waals surface area contributed by atoms with Crippen molar-refractivity contribution in [3.05, 3.63) is 18.5 Å². The summed E-state index contributed by atoms with van der Waals surface area (Å²) in [7, 11) is 0. The topological polar surface area (TPSA) is 64.5 Å². The molecule has 6 nitrogen and oxygen atoms in total. The lowest BCUT2D eigenvalue weighted by atomic mass is 10.0. The molecule has 1 saturated heterocycles. The summed E-state index contributed by atoms with van der Waals surface area (Å²) < 4.78 is 11.0. The smallest absolute Gasteiger partial charge is 0.410 e. The summed E-state index contributed by atoms with van der Waals surface area (Å²) in [6, 6.07) is 2.09. The normalized spacial score (nSPS) is 19.2. The van der Waals surface area contributed by atoms with E-state index in [4.69, 9.17) is 9.47 Å². The van der Waals surface area contributed by atoms with Crippen molar-refractivity contribution in [1.82, 2.24) is 14.9 Å². The van der Waals surface area contributed by atoms with Gasteiger partial charge in [-0.15, -0.1) is 0 Å². The number of ether oxygens (including phenoxy) is 2. The highest BCUT2D eigenvalue weighted by molar-refractivity contribution is 5.68. The number of carbonyl (C=O) groups excluding carboxylic acids is 1. The average molecular weight is 293 g/mol. The third-order valence-electron chi connectivity index (χ3n) is 3.20. The first-order valence-electron chi connectivity index (χ1n) is 7.35. The molecule has 1 aliphatic rings. The molecule has 0 aliphatic carbocycles. The van der Waals surface area contributed by atoms with E-state index in [1.54, 1.807) is 23.4 Å². The minimum Gasteiger partial charge on any atom is -0.461 e. The molecule has 0 radical (unpaired) electrons. The van der Waals surface area contributed by atoms with Gasteiger partial charge in [0.25, 0.3) is 0 Å². The molecule has 6 heteroatoms. The third kappa shape index (κ3) is 4.88. The molecule has 1 fully saturated rings. The van der Waals surface area contributed by atoms with Crippen LogP contribution in [0.4, 0.5) is 4.79 Å². The predicted octanol–water partition coefficient (Wildman–Crippen LogP) is 2.65. The Balaban J connectivity index is 1.94. The zero-order valence-corrected chi connectivity index (χ0v) is 12.9. The Morgan fingerprint density at radius 1 is 1.33 bits per heavy atom. The van der Waals surface area contributed by atoms with Gasteiger partial charge in [0.2, 0.25) is 0 Å². The monoisotopic (exact) mass is 293 g/mol.